The van der Waals surface area contributed by atoms with Gasteiger partial charge in [-0.3, -0.25) is 0 Å². The van der Waals surface area contributed by atoms with Gasteiger partial charge in [0.15, 0.2) is 0 Å². The fraction of sp³-hybridized carbons (Fsp3) is 0.0149. The first-order valence-electron chi connectivity index (χ1n) is 23.6. The number of anilines is 3. The van der Waals surface area contributed by atoms with Crippen molar-refractivity contribution < 1.29 is 0 Å². The smallest absolute Gasteiger partial charge is 0.0726 e. The van der Waals surface area contributed by atoms with Crippen LogP contribution in [0.1, 0.15) is 22.3 Å². The van der Waals surface area contributed by atoms with Crippen molar-refractivity contribution in [2.75, 3.05) is 4.90 Å². The van der Waals surface area contributed by atoms with Crippen LogP contribution < -0.4 is 4.90 Å². The third kappa shape index (κ3) is 6.24. The minimum Gasteiger partial charge on any atom is -0.310 e. The Morgan fingerprint density at radius 2 is 0.588 bits per heavy atom. The fourth-order valence-corrected chi connectivity index (χ4v) is 11.4. The molecule has 2 aliphatic carbocycles. The molecule has 1 spiro atoms. The van der Waals surface area contributed by atoms with Crippen LogP contribution in [0.25, 0.3) is 77.9 Å². The summed E-state index contributed by atoms with van der Waals surface area (Å²) >= 11 is 0. The maximum atomic E-state index is 2.51. The van der Waals surface area contributed by atoms with Crippen LogP contribution in [0.4, 0.5) is 17.1 Å². The third-order valence-corrected chi connectivity index (χ3v) is 14.3. The van der Waals surface area contributed by atoms with E-state index < -0.39 is 5.41 Å². The highest BCUT2D eigenvalue weighted by atomic mass is 15.1. The summed E-state index contributed by atoms with van der Waals surface area (Å²) in [5.74, 6) is 0. The quantitative estimate of drug-likeness (QED) is 0.147. The first kappa shape index (κ1) is 39.6. The standard InChI is InChI=1S/C67H45N/c1-4-19-46(20-5-1)47-35-37-48(38-36-47)49-39-41-52(42-40-49)68(65-34-18-30-55(51-23-8-3-9-24-51)66(65)60-29-11-10-25-54(60)50-21-6-2-7-22-50)53-43-44-59-58-28-14-17-33-63(58)67(64(59)45-53)61-31-15-12-26-56(61)57-27-13-16-32-62(57)67/h1-45H. The number of benzene rings is 11. The number of hydrogen-bond donors (Lipinski definition) is 0. The van der Waals surface area contributed by atoms with Crippen LogP contribution in [0.5, 0.6) is 0 Å². The van der Waals surface area contributed by atoms with Gasteiger partial charge in [-0.25, -0.2) is 0 Å². The molecule has 0 saturated carbocycles. The maximum Gasteiger partial charge on any atom is 0.0726 e. The molecule has 1 nitrogen and oxygen atoms in total. The minimum absolute atomic E-state index is 0.481. The second kappa shape index (κ2) is 16.3. The molecule has 11 aromatic carbocycles. The molecule has 1 heteroatoms. The minimum atomic E-state index is -0.481. The summed E-state index contributed by atoms with van der Waals surface area (Å²) in [4.78, 5) is 2.51. The van der Waals surface area contributed by atoms with Gasteiger partial charge < -0.3 is 4.90 Å². The molecule has 11 aromatic rings. The Morgan fingerprint density at radius 1 is 0.221 bits per heavy atom. The number of rotatable bonds is 8. The zero-order valence-electron chi connectivity index (χ0n) is 37.4. The van der Waals surface area contributed by atoms with Crippen molar-refractivity contribution >= 4 is 17.1 Å². The van der Waals surface area contributed by atoms with Gasteiger partial charge in [-0.15, -0.1) is 0 Å². The SMILES string of the molecule is c1ccc(-c2ccc(-c3ccc(N(c4ccc5c(c4)C4(c6ccccc6-c6ccccc64)c4ccccc4-5)c4cccc(-c5ccccc5)c4-c4ccccc4-c4ccccc4)cc3)cc2)cc1. The molecule has 0 fully saturated rings. The predicted octanol–water partition coefficient (Wildman–Crippen LogP) is 17.8. The summed E-state index contributed by atoms with van der Waals surface area (Å²) in [5, 5.41) is 0. The zero-order chi connectivity index (χ0) is 45.0. The van der Waals surface area contributed by atoms with Crippen molar-refractivity contribution in [1.29, 1.82) is 0 Å². The topological polar surface area (TPSA) is 3.24 Å². The van der Waals surface area contributed by atoms with Gasteiger partial charge in [0.2, 0.25) is 0 Å². The van der Waals surface area contributed by atoms with Gasteiger partial charge in [0.05, 0.1) is 11.1 Å². The zero-order valence-corrected chi connectivity index (χ0v) is 37.4. The van der Waals surface area contributed by atoms with Crippen LogP contribution in [0.15, 0.2) is 273 Å². The average molecular weight is 864 g/mol. The summed E-state index contributed by atoms with van der Waals surface area (Å²) in [6.07, 6.45) is 0. The van der Waals surface area contributed by atoms with Gasteiger partial charge in [0.1, 0.15) is 0 Å². The van der Waals surface area contributed by atoms with E-state index in [2.05, 4.69) is 278 Å². The van der Waals surface area contributed by atoms with E-state index in [0.29, 0.717) is 0 Å². The van der Waals surface area contributed by atoms with E-state index in [1.165, 1.54) is 100 Å². The lowest BCUT2D eigenvalue weighted by molar-refractivity contribution is 0.793. The van der Waals surface area contributed by atoms with Crippen molar-refractivity contribution in [2.45, 2.75) is 5.41 Å². The Kier molecular flexibility index (Phi) is 9.47. The van der Waals surface area contributed by atoms with Gasteiger partial charge in [0.25, 0.3) is 0 Å². The van der Waals surface area contributed by atoms with Crippen LogP contribution in [-0.4, -0.2) is 0 Å². The van der Waals surface area contributed by atoms with Gasteiger partial charge in [-0.1, -0.05) is 243 Å². The summed E-state index contributed by atoms with van der Waals surface area (Å²) in [7, 11) is 0. The van der Waals surface area contributed by atoms with Crippen LogP contribution in [-0.2, 0) is 5.41 Å². The van der Waals surface area contributed by atoms with E-state index in [1.807, 2.05) is 0 Å². The van der Waals surface area contributed by atoms with Gasteiger partial charge in [-0.2, -0.15) is 0 Å². The molecule has 0 N–H and O–H groups in total. The number of fused-ring (bicyclic) bond motifs is 10. The first-order valence-corrected chi connectivity index (χ1v) is 23.6. The molecule has 0 amide bonds. The van der Waals surface area contributed by atoms with Crippen LogP contribution in [0, 0.1) is 0 Å². The normalized spacial score (nSPS) is 12.5. The molecule has 318 valence electrons. The lowest BCUT2D eigenvalue weighted by Gasteiger charge is -2.33. The molecule has 68 heavy (non-hydrogen) atoms. The molecular formula is C67H45N. The van der Waals surface area contributed by atoms with Crippen LogP contribution in [0.3, 0.4) is 0 Å². The van der Waals surface area contributed by atoms with Gasteiger partial charge in [0, 0.05) is 16.9 Å². The van der Waals surface area contributed by atoms with Crippen molar-refractivity contribution in [3.63, 3.8) is 0 Å². The third-order valence-electron chi connectivity index (χ3n) is 14.3. The monoisotopic (exact) mass is 863 g/mol. The first-order chi connectivity index (χ1) is 33.8. The second-order valence-electron chi connectivity index (χ2n) is 17.9. The fourth-order valence-electron chi connectivity index (χ4n) is 11.4. The van der Waals surface area contributed by atoms with Crippen molar-refractivity contribution in [3.8, 4) is 77.9 Å². The van der Waals surface area contributed by atoms with Crippen molar-refractivity contribution in [3.05, 3.63) is 295 Å². The Hall–Kier alpha value is -8.78. The van der Waals surface area contributed by atoms with Gasteiger partial charge in [-0.05, 0) is 125 Å². The van der Waals surface area contributed by atoms with Crippen molar-refractivity contribution in [1.82, 2.24) is 0 Å². The Balaban J connectivity index is 1.06. The van der Waals surface area contributed by atoms with Crippen LogP contribution >= 0.6 is 0 Å². The largest absolute Gasteiger partial charge is 0.310 e. The molecule has 0 atom stereocenters. The Morgan fingerprint density at radius 3 is 1.12 bits per heavy atom. The molecule has 0 heterocycles. The molecule has 0 radical (unpaired) electrons. The van der Waals surface area contributed by atoms with E-state index in [4.69, 9.17) is 0 Å². The van der Waals surface area contributed by atoms with Crippen LogP contribution in [0.2, 0.25) is 0 Å². The molecule has 0 aliphatic heterocycles. The molecule has 13 rings (SSSR count). The van der Waals surface area contributed by atoms with E-state index >= 15 is 0 Å². The lowest BCUT2D eigenvalue weighted by atomic mass is 9.70. The molecule has 2 aliphatic rings. The van der Waals surface area contributed by atoms with E-state index in [0.717, 1.165) is 17.1 Å². The van der Waals surface area contributed by atoms with E-state index in [9.17, 15) is 0 Å². The lowest BCUT2D eigenvalue weighted by Crippen LogP contribution is -2.26. The van der Waals surface area contributed by atoms with E-state index in [1.54, 1.807) is 0 Å². The molecule has 0 unspecified atom stereocenters. The number of nitrogens with zero attached hydrogens (tertiary/aromatic N) is 1. The molecular weight excluding hydrogens is 819 g/mol. The Labute approximate surface area is 398 Å². The average Bonchev–Trinajstić information content (AvgIpc) is 3.89. The summed E-state index contributed by atoms with van der Waals surface area (Å²) in [5.41, 5.74) is 25.1. The summed E-state index contributed by atoms with van der Waals surface area (Å²) < 4.78 is 0. The molecule has 0 bridgehead atoms. The predicted molar refractivity (Wildman–Crippen MR) is 285 cm³/mol. The highest BCUT2D eigenvalue weighted by molar-refractivity contribution is 6.02. The second-order valence-corrected chi connectivity index (χ2v) is 17.9. The Bertz CT molecular complexity index is 3580. The summed E-state index contributed by atoms with van der Waals surface area (Å²) in [6.45, 7) is 0. The summed E-state index contributed by atoms with van der Waals surface area (Å²) in [6, 6.07) is 101. The van der Waals surface area contributed by atoms with Crippen molar-refractivity contribution in [2.24, 2.45) is 0 Å². The van der Waals surface area contributed by atoms with E-state index in [-0.39, 0.29) is 0 Å². The highest BCUT2D eigenvalue weighted by Crippen LogP contribution is 2.63. The maximum absolute atomic E-state index is 2.51. The molecule has 0 aromatic heterocycles. The molecule has 0 saturated heterocycles. The number of hydrogen-bond acceptors (Lipinski definition) is 1. The highest BCUT2D eigenvalue weighted by Gasteiger charge is 2.51. The van der Waals surface area contributed by atoms with Gasteiger partial charge >= 0.3 is 0 Å².